The van der Waals surface area contributed by atoms with Crippen LogP contribution < -0.4 is 5.32 Å². The van der Waals surface area contributed by atoms with Crippen LogP contribution in [0.5, 0.6) is 0 Å². The SMILES string of the molecule is COC[C@@H]1C[C@H](n2cc(NC(=O)c3cccc(F)c3)cn2)CN1C1CCCC1. The Labute approximate surface area is 164 Å². The summed E-state index contributed by atoms with van der Waals surface area (Å²) in [5.74, 6) is -0.763. The number of carbonyl (C=O) groups excluding carboxylic acids is 1. The number of carbonyl (C=O) groups is 1. The van der Waals surface area contributed by atoms with Crippen LogP contribution in [-0.2, 0) is 4.74 Å². The second-order valence-electron chi connectivity index (χ2n) is 7.81. The number of amides is 1. The number of benzene rings is 1. The highest BCUT2D eigenvalue weighted by Gasteiger charge is 2.38. The Kier molecular flexibility index (Phi) is 5.73. The maximum absolute atomic E-state index is 13.3. The van der Waals surface area contributed by atoms with Gasteiger partial charge in [-0.3, -0.25) is 14.4 Å². The van der Waals surface area contributed by atoms with Gasteiger partial charge in [-0.15, -0.1) is 0 Å². The Morgan fingerprint density at radius 3 is 2.89 bits per heavy atom. The zero-order valence-corrected chi connectivity index (χ0v) is 16.2. The van der Waals surface area contributed by atoms with Gasteiger partial charge in [0.15, 0.2) is 0 Å². The van der Waals surface area contributed by atoms with Gasteiger partial charge in [0.05, 0.1) is 24.5 Å². The van der Waals surface area contributed by atoms with Gasteiger partial charge in [-0.1, -0.05) is 18.9 Å². The van der Waals surface area contributed by atoms with E-state index in [1.165, 1.54) is 43.9 Å². The zero-order chi connectivity index (χ0) is 19.5. The van der Waals surface area contributed by atoms with Crippen LogP contribution in [0.4, 0.5) is 10.1 Å². The van der Waals surface area contributed by atoms with E-state index in [1.807, 2.05) is 10.9 Å². The molecule has 1 N–H and O–H groups in total. The van der Waals surface area contributed by atoms with E-state index in [0.29, 0.717) is 23.3 Å². The smallest absolute Gasteiger partial charge is 0.255 e. The van der Waals surface area contributed by atoms with Crippen molar-refractivity contribution >= 4 is 11.6 Å². The summed E-state index contributed by atoms with van der Waals surface area (Å²) in [7, 11) is 1.76. The molecule has 2 aromatic rings. The molecule has 0 bridgehead atoms. The molecule has 1 aromatic carbocycles. The number of rotatable bonds is 6. The highest BCUT2D eigenvalue weighted by atomic mass is 19.1. The van der Waals surface area contributed by atoms with Crippen molar-refractivity contribution in [3.05, 3.63) is 48.0 Å². The third kappa shape index (κ3) is 4.10. The van der Waals surface area contributed by atoms with E-state index in [1.54, 1.807) is 19.4 Å². The Balaban J connectivity index is 1.42. The lowest BCUT2D eigenvalue weighted by Crippen LogP contribution is -2.40. The van der Waals surface area contributed by atoms with Gasteiger partial charge >= 0.3 is 0 Å². The van der Waals surface area contributed by atoms with Crippen LogP contribution in [-0.4, -0.2) is 52.9 Å². The van der Waals surface area contributed by atoms with Crippen molar-refractivity contribution < 1.29 is 13.9 Å². The maximum atomic E-state index is 13.3. The third-order valence-corrected chi connectivity index (χ3v) is 5.91. The number of ether oxygens (including phenoxy) is 1. The molecule has 1 aliphatic carbocycles. The quantitative estimate of drug-likeness (QED) is 0.826. The molecule has 6 nitrogen and oxygen atoms in total. The number of aromatic nitrogens is 2. The van der Waals surface area contributed by atoms with Gasteiger partial charge in [0.25, 0.3) is 5.91 Å². The third-order valence-electron chi connectivity index (χ3n) is 5.91. The molecule has 1 amide bonds. The highest BCUT2D eigenvalue weighted by molar-refractivity contribution is 6.04. The van der Waals surface area contributed by atoms with Crippen LogP contribution in [0, 0.1) is 5.82 Å². The molecule has 2 fully saturated rings. The number of anilines is 1. The molecule has 1 aromatic heterocycles. The van der Waals surface area contributed by atoms with Crippen LogP contribution in [0.1, 0.15) is 48.5 Å². The van der Waals surface area contributed by atoms with Crippen molar-refractivity contribution in [2.45, 2.75) is 50.2 Å². The van der Waals surface area contributed by atoms with Crippen LogP contribution >= 0.6 is 0 Å². The number of likely N-dealkylation sites (tertiary alicyclic amines) is 1. The summed E-state index contributed by atoms with van der Waals surface area (Å²) >= 11 is 0. The van der Waals surface area contributed by atoms with E-state index in [-0.39, 0.29) is 11.9 Å². The van der Waals surface area contributed by atoms with Gasteiger partial charge in [0.1, 0.15) is 5.82 Å². The molecule has 1 saturated carbocycles. The zero-order valence-electron chi connectivity index (χ0n) is 16.2. The molecule has 0 radical (unpaired) electrons. The number of nitrogens with one attached hydrogen (secondary N) is 1. The summed E-state index contributed by atoms with van der Waals surface area (Å²) in [5.41, 5.74) is 0.915. The number of nitrogens with zero attached hydrogens (tertiary/aromatic N) is 3. The molecule has 2 aliphatic rings. The second kappa shape index (κ2) is 8.41. The molecule has 0 spiro atoms. The van der Waals surface area contributed by atoms with Crippen LogP contribution in [0.15, 0.2) is 36.7 Å². The summed E-state index contributed by atoms with van der Waals surface area (Å²) in [4.78, 5) is 14.9. The Morgan fingerprint density at radius 2 is 2.14 bits per heavy atom. The molecule has 1 saturated heterocycles. The van der Waals surface area contributed by atoms with Gasteiger partial charge in [-0.2, -0.15) is 5.10 Å². The number of hydrogen-bond acceptors (Lipinski definition) is 4. The van der Waals surface area contributed by atoms with Crippen molar-refractivity contribution in [2.24, 2.45) is 0 Å². The predicted octanol–water partition coefficient (Wildman–Crippen LogP) is 3.48. The van der Waals surface area contributed by atoms with Gasteiger partial charge in [0, 0.05) is 37.5 Å². The lowest BCUT2D eigenvalue weighted by Gasteiger charge is -2.29. The minimum Gasteiger partial charge on any atom is -0.383 e. The highest BCUT2D eigenvalue weighted by Crippen LogP contribution is 2.34. The van der Waals surface area contributed by atoms with Crippen molar-refractivity contribution in [1.82, 2.24) is 14.7 Å². The first-order valence-electron chi connectivity index (χ1n) is 10.00. The average Bonchev–Trinajstić information content (AvgIpc) is 3.42. The number of hydrogen-bond donors (Lipinski definition) is 1. The minimum atomic E-state index is -0.425. The van der Waals surface area contributed by atoms with Crippen molar-refractivity contribution in [1.29, 1.82) is 0 Å². The normalized spacial score (nSPS) is 23.4. The standard InChI is InChI=1S/C21H27FN4O2/c1-28-14-20-10-19(13-25(20)18-7-2-3-8-18)26-12-17(11-23-26)24-21(27)15-5-4-6-16(22)9-15/h4-6,9,11-12,18-20H,2-3,7-8,10,13-14H2,1H3,(H,24,27)/t19-,20-/m0/s1. The van der Waals surface area contributed by atoms with Gasteiger partial charge in [-0.25, -0.2) is 4.39 Å². The molecule has 0 unspecified atom stereocenters. The molecule has 4 rings (SSSR count). The van der Waals surface area contributed by atoms with Gasteiger partial charge < -0.3 is 10.1 Å². The maximum Gasteiger partial charge on any atom is 0.255 e. The second-order valence-corrected chi connectivity index (χ2v) is 7.81. The fraction of sp³-hybridized carbons (Fsp3) is 0.524. The van der Waals surface area contributed by atoms with E-state index < -0.39 is 5.82 Å². The summed E-state index contributed by atoms with van der Waals surface area (Å²) in [6, 6.07) is 6.99. The molecule has 28 heavy (non-hydrogen) atoms. The summed E-state index contributed by atoms with van der Waals surface area (Å²) in [6.07, 6.45) is 9.66. The summed E-state index contributed by atoms with van der Waals surface area (Å²) < 4.78 is 20.7. The van der Waals surface area contributed by atoms with Crippen molar-refractivity contribution in [2.75, 3.05) is 25.6 Å². The first-order valence-corrected chi connectivity index (χ1v) is 10.00. The number of halogens is 1. The molecular weight excluding hydrogens is 359 g/mol. The van der Waals surface area contributed by atoms with E-state index in [9.17, 15) is 9.18 Å². The molecule has 1 aliphatic heterocycles. The lowest BCUT2D eigenvalue weighted by molar-refractivity contribution is 0.0901. The van der Waals surface area contributed by atoms with Gasteiger partial charge in [0.2, 0.25) is 0 Å². The molecule has 2 heterocycles. The molecular formula is C21H27FN4O2. The first-order chi connectivity index (χ1) is 13.6. The van der Waals surface area contributed by atoms with E-state index in [0.717, 1.165) is 19.6 Å². The molecule has 7 heteroatoms. The van der Waals surface area contributed by atoms with Crippen LogP contribution in [0.3, 0.4) is 0 Å². The van der Waals surface area contributed by atoms with Crippen LogP contribution in [0.25, 0.3) is 0 Å². The Bertz CT molecular complexity index is 818. The summed E-state index contributed by atoms with van der Waals surface area (Å²) in [5, 5.41) is 7.28. The van der Waals surface area contributed by atoms with E-state index in [4.69, 9.17) is 4.74 Å². The van der Waals surface area contributed by atoms with Crippen molar-refractivity contribution in [3.8, 4) is 0 Å². The first kappa shape index (κ1) is 19.1. The fourth-order valence-corrected chi connectivity index (χ4v) is 4.58. The van der Waals surface area contributed by atoms with Gasteiger partial charge in [-0.05, 0) is 37.5 Å². The Morgan fingerprint density at radius 1 is 1.32 bits per heavy atom. The number of methoxy groups -OCH3 is 1. The molecule has 150 valence electrons. The predicted molar refractivity (Wildman–Crippen MR) is 105 cm³/mol. The summed E-state index contributed by atoms with van der Waals surface area (Å²) in [6.45, 7) is 1.69. The Hall–Kier alpha value is -2.25. The largest absolute Gasteiger partial charge is 0.383 e. The lowest BCUT2D eigenvalue weighted by atomic mass is 10.1. The minimum absolute atomic E-state index is 0.264. The fourth-order valence-electron chi connectivity index (χ4n) is 4.58. The van der Waals surface area contributed by atoms with Crippen molar-refractivity contribution in [3.63, 3.8) is 0 Å². The van der Waals surface area contributed by atoms with E-state index >= 15 is 0 Å². The topological polar surface area (TPSA) is 59.4 Å². The van der Waals surface area contributed by atoms with E-state index in [2.05, 4.69) is 15.3 Å². The molecule has 2 atom stereocenters. The monoisotopic (exact) mass is 386 g/mol. The average molecular weight is 386 g/mol. The van der Waals surface area contributed by atoms with Crippen LogP contribution in [0.2, 0.25) is 0 Å².